The van der Waals surface area contributed by atoms with E-state index in [1.165, 1.54) is 11.1 Å². The maximum Gasteiger partial charge on any atom is 0.188 e. The molecule has 0 heterocycles. The number of carbonyl (C=O) groups is 2. The second-order valence-electron chi connectivity index (χ2n) is 8.37. The SMILES string of the molecule is COCOc1c(C=O)cc2c(c1-c1c3c(cc(C=O)c1OCOC)CCCC3)CCCC2. The lowest BCUT2D eigenvalue weighted by Crippen LogP contribution is -2.15. The van der Waals surface area contributed by atoms with Gasteiger partial charge in [-0.2, -0.15) is 0 Å². The molecule has 6 nitrogen and oxygen atoms in total. The summed E-state index contributed by atoms with van der Waals surface area (Å²) < 4.78 is 22.4. The molecule has 0 bridgehead atoms. The highest BCUT2D eigenvalue weighted by atomic mass is 16.7. The van der Waals surface area contributed by atoms with E-state index in [1.807, 2.05) is 12.1 Å². The van der Waals surface area contributed by atoms with Crippen molar-refractivity contribution in [1.29, 1.82) is 0 Å². The second-order valence-corrected chi connectivity index (χ2v) is 8.37. The Morgan fingerprint density at radius 1 is 0.688 bits per heavy atom. The van der Waals surface area contributed by atoms with E-state index >= 15 is 0 Å². The van der Waals surface area contributed by atoms with Gasteiger partial charge in [0.25, 0.3) is 0 Å². The summed E-state index contributed by atoms with van der Waals surface area (Å²) in [6, 6.07) is 3.89. The van der Waals surface area contributed by atoms with Crippen LogP contribution in [0.2, 0.25) is 0 Å². The van der Waals surface area contributed by atoms with Crippen molar-refractivity contribution < 1.29 is 28.5 Å². The predicted octanol–water partition coefficient (Wildman–Crippen LogP) is 4.70. The molecule has 0 amide bonds. The number of rotatable bonds is 9. The van der Waals surface area contributed by atoms with Crippen LogP contribution >= 0.6 is 0 Å². The van der Waals surface area contributed by atoms with Crippen LogP contribution in [-0.2, 0) is 35.2 Å². The fourth-order valence-corrected chi connectivity index (χ4v) is 5.07. The molecule has 0 fully saturated rings. The summed E-state index contributed by atoms with van der Waals surface area (Å²) in [5, 5.41) is 0. The molecule has 170 valence electrons. The average Bonchev–Trinajstić information content (AvgIpc) is 2.84. The van der Waals surface area contributed by atoms with E-state index in [4.69, 9.17) is 18.9 Å². The molecule has 2 aromatic rings. The van der Waals surface area contributed by atoms with E-state index in [2.05, 4.69) is 0 Å². The Kier molecular flexibility index (Phi) is 7.22. The topological polar surface area (TPSA) is 71.1 Å². The zero-order valence-electron chi connectivity index (χ0n) is 18.8. The molecular weight excluding hydrogens is 408 g/mol. The van der Waals surface area contributed by atoms with Crippen LogP contribution in [0.5, 0.6) is 11.5 Å². The van der Waals surface area contributed by atoms with Crippen LogP contribution in [0.25, 0.3) is 11.1 Å². The van der Waals surface area contributed by atoms with Gasteiger partial charge < -0.3 is 18.9 Å². The molecule has 0 saturated carbocycles. The summed E-state index contributed by atoms with van der Waals surface area (Å²) in [6.45, 7) is 0.0485. The van der Waals surface area contributed by atoms with E-state index in [1.54, 1.807) is 14.2 Å². The lowest BCUT2D eigenvalue weighted by atomic mass is 9.78. The molecule has 0 aromatic heterocycles. The molecule has 0 radical (unpaired) electrons. The number of benzene rings is 2. The van der Waals surface area contributed by atoms with Crippen molar-refractivity contribution in [1.82, 2.24) is 0 Å². The number of hydrogen-bond donors (Lipinski definition) is 0. The first kappa shape index (κ1) is 22.5. The van der Waals surface area contributed by atoms with Gasteiger partial charge in [0, 0.05) is 25.3 Å². The van der Waals surface area contributed by atoms with Crippen LogP contribution in [0.15, 0.2) is 12.1 Å². The van der Waals surface area contributed by atoms with Crippen LogP contribution in [0.4, 0.5) is 0 Å². The molecule has 2 aliphatic carbocycles. The summed E-state index contributed by atoms with van der Waals surface area (Å²) in [7, 11) is 3.11. The van der Waals surface area contributed by atoms with E-state index in [0.717, 1.165) is 86.2 Å². The van der Waals surface area contributed by atoms with E-state index < -0.39 is 0 Å². The number of aryl methyl sites for hydroxylation is 2. The zero-order valence-corrected chi connectivity index (χ0v) is 18.8. The van der Waals surface area contributed by atoms with Crippen LogP contribution < -0.4 is 9.47 Å². The maximum atomic E-state index is 12.1. The Bertz CT molecular complexity index is 929. The Morgan fingerprint density at radius 2 is 1.09 bits per heavy atom. The van der Waals surface area contributed by atoms with Crippen molar-refractivity contribution in [2.75, 3.05) is 27.8 Å². The molecule has 0 atom stereocenters. The van der Waals surface area contributed by atoms with Gasteiger partial charge in [0.05, 0.1) is 11.1 Å². The van der Waals surface area contributed by atoms with Gasteiger partial charge in [0.2, 0.25) is 0 Å². The van der Waals surface area contributed by atoms with Crippen molar-refractivity contribution in [3.05, 3.63) is 45.5 Å². The van der Waals surface area contributed by atoms with Crippen molar-refractivity contribution in [2.24, 2.45) is 0 Å². The van der Waals surface area contributed by atoms with Crippen molar-refractivity contribution in [3.63, 3.8) is 0 Å². The molecule has 0 unspecified atom stereocenters. The highest BCUT2D eigenvalue weighted by molar-refractivity contribution is 5.95. The van der Waals surface area contributed by atoms with Crippen LogP contribution in [0.3, 0.4) is 0 Å². The molecule has 4 rings (SSSR count). The number of ether oxygens (including phenoxy) is 4. The molecule has 0 spiro atoms. The van der Waals surface area contributed by atoms with Gasteiger partial charge in [-0.15, -0.1) is 0 Å². The minimum absolute atomic E-state index is 0.0243. The molecule has 0 N–H and O–H groups in total. The molecule has 6 heteroatoms. The molecule has 2 aliphatic rings. The van der Waals surface area contributed by atoms with E-state index in [0.29, 0.717) is 22.6 Å². The third-order valence-corrected chi connectivity index (χ3v) is 6.41. The number of hydrogen-bond acceptors (Lipinski definition) is 6. The average molecular weight is 439 g/mol. The number of fused-ring (bicyclic) bond motifs is 2. The third-order valence-electron chi connectivity index (χ3n) is 6.41. The largest absolute Gasteiger partial charge is 0.466 e. The smallest absolute Gasteiger partial charge is 0.188 e. The highest BCUT2D eigenvalue weighted by Crippen LogP contribution is 2.49. The predicted molar refractivity (Wildman–Crippen MR) is 121 cm³/mol. The number of carbonyl (C=O) groups excluding carboxylic acids is 2. The third kappa shape index (κ3) is 4.17. The molecule has 0 aliphatic heterocycles. The standard InChI is InChI=1S/C26H30O6/c1-29-15-31-25-19(13-27)11-17-7-3-5-9-21(17)23(25)24-22-10-6-4-8-18(22)12-20(14-28)26(24)32-16-30-2/h11-14H,3-10,15-16H2,1-2H3. The maximum absolute atomic E-state index is 12.1. The van der Waals surface area contributed by atoms with Gasteiger partial charge in [0.15, 0.2) is 26.2 Å². The summed E-state index contributed by atoms with van der Waals surface area (Å²) in [4.78, 5) is 24.2. The van der Waals surface area contributed by atoms with E-state index in [9.17, 15) is 9.59 Å². The minimum Gasteiger partial charge on any atom is -0.466 e. The lowest BCUT2D eigenvalue weighted by Gasteiger charge is -2.29. The quantitative estimate of drug-likeness (QED) is 0.417. The van der Waals surface area contributed by atoms with Gasteiger partial charge in [0.1, 0.15) is 11.5 Å². The van der Waals surface area contributed by atoms with Gasteiger partial charge in [-0.1, -0.05) is 0 Å². The number of methoxy groups -OCH3 is 2. The first-order chi connectivity index (χ1) is 15.7. The van der Waals surface area contributed by atoms with Crippen LogP contribution in [0.1, 0.15) is 68.7 Å². The Morgan fingerprint density at radius 3 is 1.47 bits per heavy atom. The van der Waals surface area contributed by atoms with E-state index in [-0.39, 0.29) is 13.6 Å². The number of aldehydes is 2. The Balaban J connectivity index is 2.09. The van der Waals surface area contributed by atoms with Gasteiger partial charge >= 0.3 is 0 Å². The molecular formula is C26H30O6. The minimum atomic E-state index is 0.0243. The van der Waals surface area contributed by atoms with Gasteiger partial charge in [-0.25, -0.2) is 0 Å². The first-order valence-electron chi connectivity index (χ1n) is 11.2. The van der Waals surface area contributed by atoms with Gasteiger partial charge in [-0.05, 0) is 85.8 Å². The highest BCUT2D eigenvalue weighted by Gasteiger charge is 2.30. The zero-order chi connectivity index (χ0) is 22.5. The lowest BCUT2D eigenvalue weighted by molar-refractivity contribution is 0.0493. The Labute approximate surface area is 188 Å². The summed E-state index contributed by atoms with van der Waals surface area (Å²) in [5.41, 5.74) is 7.40. The van der Waals surface area contributed by atoms with Gasteiger partial charge in [-0.3, -0.25) is 9.59 Å². The monoisotopic (exact) mass is 438 g/mol. The molecule has 32 heavy (non-hydrogen) atoms. The first-order valence-corrected chi connectivity index (χ1v) is 11.2. The normalized spacial score (nSPS) is 14.9. The van der Waals surface area contributed by atoms with Crippen molar-refractivity contribution in [3.8, 4) is 22.6 Å². The van der Waals surface area contributed by atoms with Crippen molar-refractivity contribution in [2.45, 2.75) is 51.4 Å². The molecule has 0 saturated heterocycles. The molecule has 2 aromatic carbocycles. The fourth-order valence-electron chi connectivity index (χ4n) is 5.07. The Hall–Kier alpha value is -2.70. The summed E-state index contributed by atoms with van der Waals surface area (Å²) in [6.07, 6.45) is 9.58. The van der Waals surface area contributed by atoms with Crippen LogP contribution in [0, 0.1) is 0 Å². The fraction of sp³-hybridized carbons (Fsp3) is 0.462. The second kappa shape index (κ2) is 10.3. The van der Waals surface area contributed by atoms with Crippen molar-refractivity contribution >= 4 is 12.6 Å². The summed E-state index contributed by atoms with van der Waals surface area (Å²) in [5.74, 6) is 1.00. The van der Waals surface area contributed by atoms with Crippen LogP contribution in [-0.4, -0.2) is 40.4 Å². The summed E-state index contributed by atoms with van der Waals surface area (Å²) >= 11 is 0.